The molecule has 1 aliphatic heterocycles. The molecule has 1 unspecified atom stereocenters. The molecule has 0 saturated carbocycles. The molecule has 0 saturated heterocycles. The molecule has 15 heteroatoms. The number of carbonyl (C=O) groups is 1. The van der Waals surface area contributed by atoms with E-state index in [1.807, 2.05) is 6.92 Å². The van der Waals surface area contributed by atoms with Crippen molar-refractivity contribution in [2.24, 2.45) is 0 Å². The van der Waals surface area contributed by atoms with Crippen molar-refractivity contribution in [1.82, 2.24) is 24.5 Å². The number of rotatable bonds is 7. The van der Waals surface area contributed by atoms with Crippen molar-refractivity contribution in [2.45, 2.75) is 25.8 Å². The number of sulfonamides is 1. The maximum atomic E-state index is 15.2. The lowest BCUT2D eigenvalue weighted by Crippen LogP contribution is -2.43. The maximum absolute atomic E-state index is 15.2. The van der Waals surface area contributed by atoms with Crippen molar-refractivity contribution in [1.29, 1.82) is 0 Å². The molecule has 0 radical (unpaired) electrons. The summed E-state index contributed by atoms with van der Waals surface area (Å²) >= 11 is 13.6. The van der Waals surface area contributed by atoms with E-state index < -0.39 is 34.4 Å². The number of anilines is 1. The van der Waals surface area contributed by atoms with Gasteiger partial charge in [0.15, 0.2) is 17.5 Å². The minimum atomic E-state index is -3.54. The minimum absolute atomic E-state index is 0.0116. The molecule has 0 spiro atoms. The molecule has 1 N–H and O–H groups in total. The largest absolute Gasteiger partial charge is 0.481 e. The van der Waals surface area contributed by atoms with Crippen molar-refractivity contribution < 1.29 is 22.3 Å². The third-order valence-corrected chi connectivity index (χ3v) is 7.99. The molecule has 1 amide bonds. The van der Waals surface area contributed by atoms with Crippen molar-refractivity contribution >= 4 is 61.2 Å². The Morgan fingerprint density at radius 1 is 1.26 bits per heavy atom. The zero-order valence-electron chi connectivity index (χ0n) is 20.1. The number of ether oxygens (including phenoxy) is 1. The van der Waals surface area contributed by atoms with E-state index in [0.29, 0.717) is 23.5 Å². The minimum Gasteiger partial charge on any atom is -0.481 e. The number of aryl methyl sites for hydroxylation is 1. The van der Waals surface area contributed by atoms with Gasteiger partial charge in [-0.2, -0.15) is 5.10 Å². The van der Waals surface area contributed by atoms with E-state index in [2.05, 4.69) is 14.8 Å². The van der Waals surface area contributed by atoms with Crippen LogP contribution in [0.5, 0.6) is 5.75 Å². The Morgan fingerprint density at radius 3 is 2.74 bits per heavy atom. The first kappa shape index (κ1) is 26.6. The molecule has 0 bridgehead atoms. The number of aromatic nitrogens is 4. The Hall–Kier alpha value is -3.00. The Morgan fingerprint density at radius 2 is 2.05 bits per heavy atom. The van der Waals surface area contributed by atoms with Gasteiger partial charge < -0.3 is 9.64 Å². The third kappa shape index (κ3) is 5.28. The van der Waals surface area contributed by atoms with Gasteiger partial charge in [-0.05, 0) is 30.7 Å². The van der Waals surface area contributed by atoms with Crippen molar-refractivity contribution in [3.8, 4) is 5.75 Å². The number of amides is 1. The lowest BCUT2D eigenvalue weighted by molar-refractivity contribution is -0.135. The summed E-state index contributed by atoms with van der Waals surface area (Å²) in [6.45, 7) is 1.84. The quantitative estimate of drug-likeness (QED) is 0.318. The summed E-state index contributed by atoms with van der Waals surface area (Å²) in [5.74, 6) is -0.885. The number of hydrogen-bond donors (Lipinski definition) is 1. The molecule has 4 aromatic rings. The summed E-state index contributed by atoms with van der Waals surface area (Å²) in [5, 5.41) is 5.62. The summed E-state index contributed by atoms with van der Waals surface area (Å²) < 4.78 is 47.6. The molecule has 3 aromatic heterocycles. The van der Waals surface area contributed by atoms with Gasteiger partial charge >= 0.3 is 0 Å². The number of hydrogen-bond acceptors (Lipinski definition) is 8. The van der Waals surface area contributed by atoms with Gasteiger partial charge in [-0.15, -0.1) is 0 Å². The number of pyridine rings is 1. The number of nitrogens with one attached hydrogen (secondary N) is 1. The van der Waals surface area contributed by atoms with Crippen LogP contribution in [0.1, 0.15) is 34.9 Å². The fourth-order valence-corrected chi connectivity index (χ4v) is 5.97. The highest BCUT2D eigenvalue weighted by Crippen LogP contribution is 2.38. The van der Waals surface area contributed by atoms with Gasteiger partial charge in [0.25, 0.3) is 5.91 Å². The second-order valence-corrected chi connectivity index (χ2v) is 12.1. The molecule has 0 fully saturated rings. The second-order valence-electron chi connectivity index (χ2n) is 8.54. The first-order valence-electron chi connectivity index (χ1n) is 11.4. The smallest absolute Gasteiger partial charge is 0.261 e. The Labute approximate surface area is 231 Å². The summed E-state index contributed by atoms with van der Waals surface area (Å²) in [6.07, 6.45) is 2.16. The van der Waals surface area contributed by atoms with Gasteiger partial charge in [0, 0.05) is 23.6 Å². The fraction of sp³-hybridized carbons (Fsp3) is 0.304. The van der Waals surface area contributed by atoms with Gasteiger partial charge in [0.2, 0.25) is 15.0 Å². The first-order valence-corrected chi connectivity index (χ1v) is 14.9. The van der Waals surface area contributed by atoms with Gasteiger partial charge in [-0.25, -0.2) is 27.3 Å². The second kappa shape index (κ2) is 10.3. The normalized spacial score (nSPS) is 15.5. The number of imidazole rings is 1. The first-order chi connectivity index (χ1) is 18.0. The maximum Gasteiger partial charge on any atom is 0.261 e. The average Bonchev–Trinajstić information content (AvgIpc) is 3.39. The molecule has 200 valence electrons. The van der Waals surface area contributed by atoms with Crippen LogP contribution in [-0.4, -0.2) is 58.2 Å². The van der Waals surface area contributed by atoms with E-state index in [9.17, 15) is 13.2 Å². The van der Waals surface area contributed by atoms with Crippen LogP contribution in [0.2, 0.25) is 10.2 Å². The lowest BCUT2D eigenvalue weighted by atomic mass is 9.95. The fourth-order valence-electron chi connectivity index (χ4n) is 4.25. The predicted octanol–water partition coefficient (Wildman–Crippen LogP) is 4.12. The standard InChI is InChI=1S/C23H21Cl2FN6O4S2/c1-3-18-29-32-21-15(27-23(32)37-18)8-9-31(20(21)13-5-4-12(24)10-14(13)26)19(33)11-36-16-6-7-17(28-22(16)25)30-38(2,34)35/h4-7,10,20H,3,8-9,11H2,1-2H3,(H,28,30). The molecular formula is C23H21Cl2FN6O4S2. The van der Waals surface area contributed by atoms with Crippen LogP contribution in [-0.2, 0) is 27.7 Å². The number of halogens is 3. The number of benzene rings is 1. The molecule has 1 aliphatic rings. The van der Waals surface area contributed by atoms with Crippen LogP contribution >= 0.6 is 34.5 Å². The number of nitrogens with zero attached hydrogens (tertiary/aromatic N) is 5. The molecule has 10 nitrogen and oxygen atoms in total. The molecular weight excluding hydrogens is 578 g/mol. The number of fused-ring (bicyclic) bond motifs is 3. The van der Waals surface area contributed by atoms with E-state index in [4.69, 9.17) is 32.9 Å². The average molecular weight is 599 g/mol. The Balaban J connectivity index is 1.46. The van der Waals surface area contributed by atoms with Crippen LogP contribution in [0, 0.1) is 5.82 Å². The zero-order valence-corrected chi connectivity index (χ0v) is 23.3. The summed E-state index contributed by atoms with van der Waals surface area (Å²) in [7, 11) is -3.54. The van der Waals surface area contributed by atoms with Gasteiger partial charge in [0.1, 0.15) is 22.7 Å². The van der Waals surface area contributed by atoms with Crippen molar-refractivity contribution in [3.05, 3.63) is 68.3 Å². The van der Waals surface area contributed by atoms with E-state index >= 15 is 4.39 Å². The highest BCUT2D eigenvalue weighted by Gasteiger charge is 2.38. The topological polar surface area (TPSA) is 119 Å². The van der Waals surface area contributed by atoms with Crippen LogP contribution in [0.4, 0.5) is 10.2 Å². The highest BCUT2D eigenvalue weighted by atomic mass is 35.5. The van der Waals surface area contributed by atoms with E-state index in [1.54, 1.807) is 16.6 Å². The summed E-state index contributed by atoms with van der Waals surface area (Å²) in [4.78, 5) is 24.3. The molecule has 1 aromatic carbocycles. The van der Waals surface area contributed by atoms with Gasteiger partial charge in [-0.3, -0.25) is 9.52 Å². The molecule has 0 aliphatic carbocycles. The molecule has 38 heavy (non-hydrogen) atoms. The van der Waals surface area contributed by atoms with Crippen LogP contribution in [0.3, 0.4) is 0 Å². The van der Waals surface area contributed by atoms with Gasteiger partial charge in [0.05, 0.1) is 17.6 Å². The van der Waals surface area contributed by atoms with Crippen LogP contribution in [0.25, 0.3) is 4.96 Å². The molecule has 4 heterocycles. The predicted molar refractivity (Wildman–Crippen MR) is 142 cm³/mol. The van der Waals surface area contributed by atoms with Crippen LogP contribution < -0.4 is 9.46 Å². The monoisotopic (exact) mass is 598 g/mol. The third-order valence-electron chi connectivity index (χ3n) is 5.85. The SMILES string of the molecule is CCc1nn2c3c(nc2s1)CCN(C(=O)COc1ccc(NS(C)(=O)=O)nc1Cl)C3c1ccc(Cl)cc1F. The summed E-state index contributed by atoms with van der Waals surface area (Å²) in [6, 6.07) is 6.29. The summed E-state index contributed by atoms with van der Waals surface area (Å²) in [5.41, 5.74) is 1.62. The van der Waals surface area contributed by atoms with E-state index in [1.165, 1.54) is 34.4 Å². The zero-order chi connectivity index (χ0) is 27.2. The molecule has 5 rings (SSSR count). The Bertz CT molecular complexity index is 1660. The highest BCUT2D eigenvalue weighted by molar-refractivity contribution is 7.92. The van der Waals surface area contributed by atoms with E-state index in [0.717, 1.165) is 17.0 Å². The Kier molecular flexibility index (Phi) is 7.20. The van der Waals surface area contributed by atoms with Gasteiger partial charge in [-0.1, -0.05) is 47.5 Å². The van der Waals surface area contributed by atoms with Crippen molar-refractivity contribution in [3.63, 3.8) is 0 Å². The molecule has 1 atom stereocenters. The lowest BCUT2D eigenvalue weighted by Gasteiger charge is -2.35. The van der Waals surface area contributed by atoms with E-state index in [-0.39, 0.29) is 33.9 Å². The van der Waals surface area contributed by atoms with Crippen LogP contribution in [0.15, 0.2) is 30.3 Å². The number of carbonyl (C=O) groups excluding carboxylic acids is 1. The van der Waals surface area contributed by atoms with Crippen molar-refractivity contribution in [2.75, 3.05) is 24.1 Å².